The lowest BCUT2D eigenvalue weighted by molar-refractivity contribution is -0.219. The number of halogens is 5. The molecule has 0 aromatic rings. The highest BCUT2D eigenvalue weighted by Gasteiger charge is 2.67. The normalized spacial score (nSPS) is 31.2. The topological polar surface area (TPSA) is 57.6 Å². The number of alkyl halides is 5. The maximum Gasteiger partial charge on any atom is 0.326 e. The molecule has 1 saturated heterocycles. The summed E-state index contributed by atoms with van der Waals surface area (Å²) < 4.78 is 64.9. The number of rotatable bonds is 3. The summed E-state index contributed by atoms with van der Waals surface area (Å²) in [6.07, 6.45) is -8.19. The molecule has 1 heterocycles. The van der Waals surface area contributed by atoms with Crippen LogP contribution in [0.15, 0.2) is 0 Å². The van der Waals surface area contributed by atoms with Crippen molar-refractivity contribution in [3.8, 4) is 0 Å². The number of nitrogens with zero attached hydrogens (tertiary/aromatic N) is 1. The van der Waals surface area contributed by atoms with E-state index in [1.54, 1.807) is 0 Å². The Kier molecular flexibility index (Phi) is 3.42. The van der Waals surface area contributed by atoms with Gasteiger partial charge in [-0.2, -0.15) is 0 Å². The van der Waals surface area contributed by atoms with Gasteiger partial charge in [0.1, 0.15) is 17.6 Å². The second kappa shape index (κ2) is 4.56. The number of hydrogen-bond acceptors (Lipinski definition) is 2. The summed E-state index contributed by atoms with van der Waals surface area (Å²) in [4.78, 5) is 23.4. The van der Waals surface area contributed by atoms with Crippen LogP contribution in [0.25, 0.3) is 0 Å². The molecule has 0 aromatic heterocycles. The van der Waals surface area contributed by atoms with Crippen LogP contribution in [-0.2, 0) is 9.59 Å². The SMILES string of the molecule is O=C(O)[C@@H]1C[C@@H](F)CN1C(=O)C1(C(F)F)CC(F)(F)C1. The maximum absolute atomic E-state index is 13.2. The Morgan fingerprint density at radius 3 is 2.20 bits per heavy atom. The van der Waals surface area contributed by atoms with Crippen LogP contribution in [-0.4, -0.2) is 53.0 Å². The Balaban J connectivity index is 2.23. The molecule has 0 radical (unpaired) electrons. The smallest absolute Gasteiger partial charge is 0.326 e. The van der Waals surface area contributed by atoms with Crippen molar-refractivity contribution in [1.29, 1.82) is 0 Å². The average molecular weight is 301 g/mol. The lowest BCUT2D eigenvalue weighted by Gasteiger charge is -2.47. The highest BCUT2D eigenvalue weighted by atomic mass is 19.3. The van der Waals surface area contributed by atoms with Crippen molar-refractivity contribution in [2.24, 2.45) is 5.41 Å². The van der Waals surface area contributed by atoms with Gasteiger partial charge in [-0.1, -0.05) is 0 Å². The highest BCUT2D eigenvalue weighted by Crippen LogP contribution is 2.56. The van der Waals surface area contributed by atoms with Crippen LogP contribution in [0, 0.1) is 5.41 Å². The zero-order valence-corrected chi connectivity index (χ0v) is 10.2. The molecular weight excluding hydrogens is 289 g/mol. The minimum Gasteiger partial charge on any atom is -0.480 e. The zero-order chi connectivity index (χ0) is 15.3. The van der Waals surface area contributed by atoms with E-state index in [4.69, 9.17) is 5.11 Å². The first-order valence-electron chi connectivity index (χ1n) is 5.93. The van der Waals surface area contributed by atoms with Gasteiger partial charge in [-0.25, -0.2) is 26.7 Å². The number of hydrogen-bond donors (Lipinski definition) is 1. The fourth-order valence-corrected chi connectivity index (χ4v) is 2.80. The van der Waals surface area contributed by atoms with E-state index in [1.165, 1.54) is 0 Å². The van der Waals surface area contributed by atoms with E-state index in [0.29, 0.717) is 4.90 Å². The number of carboxylic acid groups (broad SMARTS) is 1. The number of amides is 1. The van der Waals surface area contributed by atoms with E-state index in [2.05, 4.69) is 0 Å². The first-order valence-corrected chi connectivity index (χ1v) is 5.93. The molecule has 20 heavy (non-hydrogen) atoms. The summed E-state index contributed by atoms with van der Waals surface area (Å²) in [5.41, 5.74) is -2.60. The summed E-state index contributed by atoms with van der Waals surface area (Å²) in [5, 5.41) is 8.85. The minimum absolute atomic E-state index is 0.453. The highest BCUT2D eigenvalue weighted by molar-refractivity contribution is 5.89. The molecule has 1 amide bonds. The molecule has 2 fully saturated rings. The lowest BCUT2D eigenvalue weighted by Crippen LogP contribution is -2.61. The van der Waals surface area contributed by atoms with Crippen molar-refractivity contribution < 1.29 is 36.6 Å². The molecule has 0 aromatic carbocycles. The summed E-state index contributed by atoms with van der Waals surface area (Å²) in [6.45, 7) is -0.657. The van der Waals surface area contributed by atoms with Crippen molar-refractivity contribution in [3.63, 3.8) is 0 Å². The van der Waals surface area contributed by atoms with E-state index in [9.17, 15) is 31.5 Å². The monoisotopic (exact) mass is 301 g/mol. The first kappa shape index (κ1) is 15.0. The van der Waals surface area contributed by atoms with Crippen molar-refractivity contribution in [2.45, 2.75) is 43.8 Å². The Hall–Kier alpha value is -1.41. The summed E-state index contributed by atoms with van der Waals surface area (Å²) in [6, 6.07) is -1.58. The molecular formula is C11H12F5NO3. The Bertz CT molecular complexity index is 434. The van der Waals surface area contributed by atoms with E-state index in [-0.39, 0.29) is 0 Å². The van der Waals surface area contributed by atoms with Gasteiger partial charge in [0.15, 0.2) is 0 Å². The van der Waals surface area contributed by atoms with Gasteiger partial charge in [0.25, 0.3) is 12.3 Å². The maximum atomic E-state index is 13.2. The molecule has 2 aliphatic rings. The van der Waals surface area contributed by atoms with Crippen LogP contribution in [0.1, 0.15) is 19.3 Å². The summed E-state index contributed by atoms with van der Waals surface area (Å²) in [5.74, 6) is -6.31. The molecule has 0 bridgehead atoms. The molecule has 1 saturated carbocycles. The second-order valence-electron chi connectivity index (χ2n) is 5.31. The van der Waals surface area contributed by atoms with Gasteiger partial charge >= 0.3 is 5.97 Å². The molecule has 114 valence electrons. The molecule has 9 heteroatoms. The number of carboxylic acids is 1. The third-order valence-corrected chi connectivity index (χ3v) is 3.79. The van der Waals surface area contributed by atoms with Crippen LogP contribution in [0.4, 0.5) is 22.0 Å². The fraction of sp³-hybridized carbons (Fsp3) is 0.818. The Morgan fingerprint density at radius 1 is 1.25 bits per heavy atom. The van der Waals surface area contributed by atoms with E-state index < -0.39 is 67.7 Å². The molecule has 0 spiro atoms. The first-order chi connectivity index (χ1) is 9.09. The third-order valence-electron chi connectivity index (χ3n) is 3.79. The molecule has 2 rings (SSSR count). The third kappa shape index (κ3) is 2.22. The van der Waals surface area contributed by atoms with Gasteiger partial charge in [-0.05, 0) is 0 Å². The van der Waals surface area contributed by atoms with Gasteiger partial charge in [0.2, 0.25) is 5.91 Å². The van der Waals surface area contributed by atoms with Crippen LogP contribution in [0.5, 0.6) is 0 Å². The largest absolute Gasteiger partial charge is 0.480 e. The van der Waals surface area contributed by atoms with Crippen molar-refractivity contribution >= 4 is 11.9 Å². The van der Waals surface area contributed by atoms with Crippen LogP contribution in [0.2, 0.25) is 0 Å². The standard InChI is InChI=1S/C11H12F5NO3/c12-5-1-6(7(18)19)17(2-5)9(20)10(8(13)14)3-11(15,16)4-10/h5-6,8H,1-4H2,(H,18,19)/t5-,6+/m1/s1. The Morgan fingerprint density at radius 2 is 1.80 bits per heavy atom. The van der Waals surface area contributed by atoms with Crippen LogP contribution < -0.4 is 0 Å². The molecule has 0 unspecified atom stereocenters. The van der Waals surface area contributed by atoms with Gasteiger partial charge in [0.05, 0.1) is 6.54 Å². The van der Waals surface area contributed by atoms with Gasteiger partial charge in [-0.3, -0.25) is 4.79 Å². The van der Waals surface area contributed by atoms with Crippen molar-refractivity contribution in [2.75, 3.05) is 6.54 Å². The summed E-state index contributed by atoms with van der Waals surface area (Å²) >= 11 is 0. The van der Waals surface area contributed by atoms with Crippen molar-refractivity contribution in [1.82, 2.24) is 4.90 Å². The number of carbonyl (C=O) groups is 2. The van der Waals surface area contributed by atoms with Gasteiger partial charge in [-0.15, -0.1) is 0 Å². The predicted molar refractivity (Wildman–Crippen MR) is 55.3 cm³/mol. The van der Waals surface area contributed by atoms with E-state index in [1.807, 2.05) is 0 Å². The molecule has 1 N–H and O–H groups in total. The Labute approximate surface area is 110 Å². The van der Waals surface area contributed by atoms with E-state index in [0.717, 1.165) is 0 Å². The van der Waals surface area contributed by atoms with E-state index >= 15 is 0 Å². The van der Waals surface area contributed by atoms with Crippen molar-refractivity contribution in [3.05, 3.63) is 0 Å². The number of likely N-dealkylation sites (tertiary alicyclic amines) is 1. The number of aliphatic carboxylic acids is 1. The molecule has 1 aliphatic heterocycles. The molecule has 2 atom stereocenters. The average Bonchev–Trinajstić information content (AvgIpc) is 2.66. The predicted octanol–water partition coefficient (Wildman–Crippen LogP) is 1.69. The quantitative estimate of drug-likeness (QED) is 0.807. The lowest BCUT2D eigenvalue weighted by atomic mass is 9.65. The summed E-state index contributed by atoms with van der Waals surface area (Å²) in [7, 11) is 0. The minimum atomic E-state index is -3.38. The van der Waals surface area contributed by atoms with Gasteiger partial charge in [0, 0.05) is 19.3 Å². The van der Waals surface area contributed by atoms with Gasteiger partial charge < -0.3 is 10.0 Å². The second-order valence-corrected chi connectivity index (χ2v) is 5.31. The van der Waals surface area contributed by atoms with Crippen LogP contribution >= 0.6 is 0 Å². The fourth-order valence-electron chi connectivity index (χ4n) is 2.80. The molecule has 1 aliphatic carbocycles. The molecule has 4 nitrogen and oxygen atoms in total. The van der Waals surface area contributed by atoms with Crippen LogP contribution in [0.3, 0.4) is 0 Å². The number of carbonyl (C=O) groups excluding carboxylic acids is 1. The zero-order valence-electron chi connectivity index (χ0n) is 10.2.